The van der Waals surface area contributed by atoms with Crippen LogP contribution in [0.15, 0.2) is 30.3 Å². The molecule has 0 aromatic heterocycles. The highest BCUT2D eigenvalue weighted by Gasteiger charge is 2.25. The third-order valence-electron chi connectivity index (χ3n) is 2.96. The molecular weight excluding hydrogens is 224 g/mol. The molecule has 1 aromatic rings. The molecule has 0 aliphatic rings. The molecule has 1 aromatic carbocycles. The molecule has 0 saturated carbocycles. The van der Waals surface area contributed by atoms with E-state index in [1.165, 1.54) is 5.56 Å². The number of carbonyl (C=O) groups is 1. The SMILES string of the molecule is CCNC(C)(C)C(=O)NCCCc1ccccc1. The van der Waals surface area contributed by atoms with E-state index in [0.717, 1.165) is 25.9 Å². The summed E-state index contributed by atoms with van der Waals surface area (Å²) in [5, 5.41) is 6.14. The van der Waals surface area contributed by atoms with Crippen molar-refractivity contribution in [3.63, 3.8) is 0 Å². The lowest BCUT2D eigenvalue weighted by Gasteiger charge is -2.24. The summed E-state index contributed by atoms with van der Waals surface area (Å²) >= 11 is 0. The van der Waals surface area contributed by atoms with Crippen LogP contribution in [0.3, 0.4) is 0 Å². The quantitative estimate of drug-likeness (QED) is 0.726. The standard InChI is InChI=1S/C15H24N2O/c1-4-17-15(2,3)14(18)16-12-8-11-13-9-6-5-7-10-13/h5-7,9-10,17H,4,8,11-12H2,1-3H3,(H,16,18). The number of benzene rings is 1. The van der Waals surface area contributed by atoms with Crippen molar-refractivity contribution >= 4 is 5.91 Å². The van der Waals surface area contributed by atoms with Gasteiger partial charge in [-0.15, -0.1) is 0 Å². The minimum atomic E-state index is -0.485. The summed E-state index contributed by atoms with van der Waals surface area (Å²) in [7, 11) is 0. The molecule has 0 saturated heterocycles. The predicted octanol–water partition coefficient (Wildman–Crippen LogP) is 2.12. The summed E-state index contributed by atoms with van der Waals surface area (Å²) in [6.45, 7) is 7.34. The van der Waals surface area contributed by atoms with Crippen LogP contribution >= 0.6 is 0 Å². The zero-order chi connectivity index (χ0) is 13.4. The maximum atomic E-state index is 11.9. The molecule has 100 valence electrons. The van der Waals surface area contributed by atoms with E-state index in [2.05, 4.69) is 22.8 Å². The molecule has 2 N–H and O–H groups in total. The van der Waals surface area contributed by atoms with Crippen LogP contribution < -0.4 is 10.6 Å². The Labute approximate surface area is 110 Å². The van der Waals surface area contributed by atoms with Crippen molar-refractivity contribution < 1.29 is 4.79 Å². The molecular formula is C15H24N2O. The molecule has 0 aliphatic carbocycles. The van der Waals surface area contributed by atoms with Crippen LogP contribution in [0.4, 0.5) is 0 Å². The summed E-state index contributed by atoms with van der Waals surface area (Å²) < 4.78 is 0. The molecule has 0 aliphatic heterocycles. The van der Waals surface area contributed by atoms with Crippen LogP contribution in [0.1, 0.15) is 32.8 Å². The lowest BCUT2D eigenvalue weighted by atomic mass is 10.0. The Morgan fingerprint density at radius 2 is 1.89 bits per heavy atom. The van der Waals surface area contributed by atoms with E-state index in [4.69, 9.17) is 0 Å². The fourth-order valence-corrected chi connectivity index (χ4v) is 1.88. The first kappa shape index (κ1) is 14.7. The number of likely N-dealkylation sites (N-methyl/N-ethyl adjacent to an activating group) is 1. The Morgan fingerprint density at radius 3 is 2.50 bits per heavy atom. The van der Waals surface area contributed by atoms with Crippen molar-refractivity contribution in [1.82, 2.24) is 10.6 Å². The highest BCUT2D eigenvalue weighted by atomic mass is 16.2. The monoisotopic (exact) mass is 248 g/mol. The van der Waals surface area contributed by atoms with Crippen molar-refractivity contribution in [2.45, 2.75) is 39.2 Å². The largest absolute Gasteiger partial charge is 0.355 e. The summed E-state index contributed by atoms with van der Waals surface area (Å²) in [5.74, 6) is 0.0670. The molecule has 0 radical (unpaired) electrons. The number of rotatable bonds is 7. The van der Waals surface area contributed by atoms with E-state index in [9.17, 15) is 4.79 Å². The zero-order valence-electron chi connectivity index (χ0n) is 11.6. The van der Waals surface area contributed by atoms with Gasteiger partial charge in [-0.3, -0.25) is 4.79 Å². The second kappa shape index (κ2) is 7.17. The third kappa shape index (κ3) is 4.88. The average molecular weight is 248 g/mol. The van der Waals surface area contributed by atoms with E-state index in [0.29, 0.717) is 0 Å². The van der Waals surface area contributed by atoms with Gasteiger partial charge in [0.2, 0.25) is 5.91 Å². The number of hydrogen-bond acceptors (Lipinski definition) is 2. The number of aryl methyl sites for hydroxylation is 1. The Kier molecular flexibility index (Phi) is 5.86. The number of nitrogens with one attached hydrogen (secondary N) is 2. The smallest absolute Gasteiger partial charge is 0.239 e. The van der Waals surface area contributed by atoms with Crippen LogP contribution in [0.5, 0.6) is 0 Å². The first-order valence-electron chi connectivity index (χ1n) is 6.63. The van der Waals surface area contributed by atoms with Gasteiger partial charge in [-0.25, -0.2) is 0 Å². The molecule has 1 amide bonds. The van der Waals surface area contributed by atoms with Gasteiger partial charge >= 0.3 is 0 Å². The van der Waals surface area contributed by atoms with Crippen LogP contribution in [-0.2, 0) is 11.2 Å². The van der Waals surface area contributed by atoms with Crippen molar-refractivity contribution in [3.8, 4) is 0 Å². The van der Waals surface area contributed by atoms with E-state index in [1.54, 1.807) is 0 Å². The van der Waals surface area contributed by atoms with Gasteiger partial charge in [-0.1, -0.05) is 37.3 Å². The Morgan fingerprint density at radius 1 is 1.22 bits per heavy atom. The Balaban J connectivity index is 2.24. The Bertz CT molecular complexity index is 360. The van der Waals surface area contributed by atoms with Crippen LogP contribution in [0.25, 0.3) is 0 Å². The van der Waals surface area contributed by atoms with E-state index >= 15 is 0 Å². The lowest BCUT2D eigenvalue weighted by molar-refractivity contribution is -0.126. The zero-order valence-corrected chi connectivity index (χ0v) is 11.6. The summed E-state index contributed by atoms with van der Waals surface area (Å²) in [5.41, 5.74) is 0.833. The normalized spacial score (nSPS) is 11.3. The second-order valence-electron chi connectivity index (χ2n) is 5.00. The number of hydrogen-bond donors (Lipinski definition) is 2. The fraction of sp³-hybridized carbons (Fsp3) is 0.533. The minimum Gasteiger partial charge on any atom is -0.355 e. The van der Waals surface area contributed by atoms with Gasteiger partial charge < -0.3 is 10.6 Å². The molecule has 0 fully saturated rings. The van der Waals surface area contributed by atoms with Gasteiger partial charge in [0.15, 0.2) is 0 Å². The van der Waals surface area contributed by atoms with Gasteiger partial charge in [0, 0.05) is 6.54 Å². The van der Waals surface area contributed by atoms with Gasteiger partial charge in [0.05, 0.1) is 5.54 Å². The van der Waals surface area contributed by atoms with Crippen molar-refractivity contribution in [2.75, 3.05) is 13.1 Å². The lowest BCUT2D eigenvalue weighted by Crippen LogP contribution is -2.52. The molecule has 3 heteroatoms. The highest BCUT2D eigenvalue weighted by molar-refractivity contribution is 5.85. The van der Waals surface area contributed by atoms with Gasteiger partial charge in [0.25, 0.3) is 0 Å². The molecule has 18 heavy (non-hydrogen) atoms. The van der Waals surface area contributed by atoms with Crippen LogP contribution in [0.2, 0.25) is 0 Å². The van der Waals surface area contributed by atoms with Crippen molar-refractivity contribution in [1.29, 1.82) is 0 Å². The maximum absolute atomic E-state index is 11.9. The van der Waals surface area contributed by atoms with Gasteiger partial charge in [0.1, 0.15) is 0 Å². The first-order valence-corrected chi connectivity index (χ1v) is 6.63. The fourth-order valence-electron chi connectivity index (χ4n) is 1.88. The van der Waals surface area contributed by atoms with Crippen molar-refractivity contribution in [2.24, 2.45) is 0 Å². The molecule has 0 heterocycles. The predicted molar refractivity (Wildman–Crippen MR) is 75.5 cm³/mol. The third-order valence-corrected chi connectivity index (χ3v) is 2.96. The van der Waals surface area contributed by atoms with Crippen LogP contribution in [-0.4, -0.2) is 24.5 Å². The highest BCUT2D eigenvalue weighted by Crippen LogP contribution is 2.03. The van der Waals surface area contributed by atoms with E-state index in [-0.39, 0.29) is 5.91 Å². The van der Waals surface area contributed by atoms with Gasteiger partial charge in [-0.05, 0) is 38.8 Å². The number of amides is 1. The molecule has 0 unspecified atom stereocenters. The maximum Gasteiger partial charge on any atom is 0.239 e. The van der Waals surface area contributed by atoms with E-state index < -0.39 is 5.54 Å². The molecule has 0 bridgehead atoms. The second-order valence-corrected chi connectivity index (χ2v) is 5.00. The first-order chi connectivity index (χ1) is 8.56. The van der Waals surface area contributed by atoms with Gasteiger partial charge in [-0.2, -0.15) is 0 Å². The molecule has 0 atom stereocenters. The van der Waals surface area contributed by atoms with E-state index in [1.807, 2.05) is 39.0 Å². The topological polar surface area (TPSA) is 41.1 Å². The van der Waals surface area contributed by atoms with Crippen LogP contribution in [0, 0.1) is 0 Å². The Hall–Kier alpha value is -1.35. The summed E-state index contributed by atoms with van der Waals surface area (Å²) in [6.07, 6.45) is 1.97. The average Bonchev–Trinajstić information content (AvgIpc) is 2.35. The molecule has 3 nitrogen and oxygen atoms in total. The number of carbonyl (C=O) groups excluding carboxylic acids is 1. The molecule has 0 spiro atoms. The summed E-state index contributed by atoms with van der Waals surface area (Å²) in [6, 6.07) is 10.3. The minimum absolute atomic E-state index is 0.0670. The summed E-state index contributed by atoms with van der Waals surface area (Å²) in [4.78, 5) is 11.9. The molecule has 1 rings (SSSR count). The van der Waals surface area contributed by atoms with Crippen molar-refractivity contribution in [3.05, 3.63) is 35.9 Å².